The highest BCUT2D eigenvalue weighted by Crippen LogP contribution is 2.53. The first-order valence-corrected chi connectivity index (χ1v) is 11.6. The second kappa shape index (κ2) is 8.25. The second-order valence-corrected chi connectivity index (χ2v) is 9.06. The van der Waals surface area contributed by atoms with Gasteiger partial charge in [-0.2, -0.15) is 0 Å². The lowest BCUT2D eigenvalue weighted by Crippen LogP contribution is -1.90. The molecule has 164 valence electrons. The molecule has 34 heavy (non-hydrogen) atoms. The highest BCUT2D eigenvalue weighted by Gasteiger charge is 2.28. The van der Waals surface area contributed by atoms with E-state index in [0.717, 1.165) is 49.9 Å². The SMILES string of the molecule is Oc1ccccc1-c1cc(-c2cccc(Cl)c2)c2c(-c3cccc(Cl)c3)oc3ccccc3c1-2. The van der Waals surface area contributed by atoms with Crippen LogP contribution in [0, 0.1) is 0 Å². The standard InChI is InChI=1S/C30H18Cl2O2/c31-20-9-5-7-18(15-20)24-17-25(22-11-1-3-13-26(22)33)28-23-12-2-4-14-27(23)34-30(29(24)28)19-8-6-10-21(32)16-19/h1-17,33H. The maximum atomic E-state index is 10.8. The minimum absolute atomic E-state index is 0.223. The zero-order valence-electron chi connectivity index (χ0n) is 17.9. The predicted octanol–water partition coefficient (Wildman–Crippen LogP) is 9.55. The van der Waals surface area contributed by atoms with E-state index in [-0.39, 0.29) is 5.75 Å². The molecule has 1 heterocycles. The van der Waals surface area contributed by atoms with Crippen LogP contribution >= 0.6 is 23.2 Å². The fourth-order valence-corrected chi connectivity index (χ4v) is 5.01. The summed E-state index contributed by atoms with van der Waals surface area (Å²) in [7, 11) is 0. The molecule has 0 unspecified atom stereocenters. The molecule has 0 aromatic heterocycles. The summed E-state index contributed by atoms with van der Waals surface area (Å²) in [6.07, 6.45) is 0. The Kier molecular flexibility index (Phi) is 5.06. The Labute approximate surface area is 207 Å². The Bertz CT molecular complexity index is 1650. The number of hydrogen-bond donors (Lipinski definition) is 1. The van der Waals surface area contributed by atoms with Crippen molar-refractivity contribution in [3.8, 4) is 50.5 Å². The molecule has 0 amide bonds. The maximum absolute atomic E-state index is 10.8. The zero-order valence-corrected chi connectivity index (χ0v) is 19.4. The zero-order chi connectivity index (χ0) is 23.2. The molecule has 4 aromatic carbocycles. The van der Waals surface area contributed by atoms with Crippen molar-refractivity contribution in [2.45, 2.75) is 0 Å². The number of benzene rings is 4. The fraction of sp³-hybridized carbons (Fsp3) is 0. The van der Waals surface area contributed by atoms with Crippen LogP contribution in [-0.2, 0) is 0 Å². The van der Waals surface area contributed by atoms with Gasteiger partial charge in [0.2, 0.25) is 0 Å². The molecule has 4 heteroatoms. The van der Waals surface area contributed by atoms with Gasteiger partial charge in [-0.1, -0.05) is 83.9 Å². The topological polar surface area (TPSA) is 33.4 Å². The van der Waals surface area contributed by atoms with Gasteiger partial charge in [-0.15, -0.1) is 0 Å². The van der Waals surface area contributed by atoms with E-state index in [0.29, 0.717) is 15.8 Å². The van der Waals surface area contributed by atoms with Gasteiger partial charge in [0.1, 0.15) is 17.1 Å². The van der Waals surface area contributed by atoms with Crippen LogP contribution in [0.5, 0.6) is 5.75 Å². The van der Waals surface area contributed by atoms with E-state index < -0.39 is 0 Å². The van der Waals surface area contributed by atoms with Crippen molar-refractivity contribution in [3.63, 3.8) is 0 Å². The number of rotatable bonds is 3. The van der Waals surface area contributed by atoms with Crippen molar-refractivity contribution in [2.75, 3.05) is 0 Å². The third-order valence-corrected chi connectivity index (χ3v) is 6.56. The monoisotopic (exact) mass is 480 g/mol. The van der Waals surface area contributed by atoms with Crippen LogP contribution in [0.4, 0.5) is 0 Å². The quantitative estimate of drug-likeness (QED) is 0.273. The van der Waals surface area contributed by atoms with Gasteiger partial charge < -0.3 is 9.52 Å². The van der Waals surface area contributed by atoms with Crippen LogP contribution < -0.4 is 0 Å². The molecule has 4 aromatic rings. The molecule has 2 aliphatic rings. The number of halogens is 2. The summed E-state index contributed by atoms with van der Waals surface area (Å²) >= 11 is 12.8. The largest absolute Gasteiger partial charge is 0.507 e. The Morgan fingerprint density at radius 1 is 0.559 bits per heavy atom. The van der Waals surface area contributed by atoms with E-state index in [1.165, 1.54) is 0 Å². The van der Waals surface area contributed by atoms with E-state index >= 15 is 0 Å². The van der Waals surface area contributed by atoms with Gasteiger partial charge in [-0.05, 0) is 59.2 Å². The summed E-state index contributed by atoms with van der Waals surface area (Å²) in [5, 5.41) is 13.0. The van der Waals surface area contributed by atoms with Gasteiger partial charge in [0.15, 0.2) is 0 Å². The molecule has 0 saturated heterocycles. The molecule has 0 spiro atoms. The smallest absolute Gasteiger partial charge is 0.143 e. The lowest BCUT2D eigenvalue weighted by molar-refractivity contribution is 0.477. The summed E-state index contributed by atoms with van der Waals surface area (Å²) in [5.74, 6) is 0.939. The number of phenolic OH excluding ortho intramolecular Hbond substituents is 1. The number of hydrogen-bond acceptors (Lipinski definition) is 2. The number of aromatic hydroxyl groups is 1. The van der Waals surface area contributed by atoms with Gasteiger partial charge >= 0.3 is 0 Å². The van der Waals surface area contributed by atoms with Crippen molar-refractivity contribution < 1.29 is 9.52 Å². The first kappa shape index (κ1) is 20.9. The average molecular weight is 481 g/mol. The van der Waals surface area contributed by atoms with Crippen LogP contribution in [0.1, 0.15) is 0 Å². The predicted molar refractivity (Wildman–Crippen MR) is 141 cm³/mol. The van der Waals surface area contributed by atoms with Crippen LogP contribution in [0.2, 0.25) is 10.0 Å². The lowest BCUT2D eigenvalue weighted by Gasteiger charge is -2.16. The van der Waals surface area contributed by atoms with Crippen molar-refractivity contribution in [3.05, 3.63) is 113 Å². The summed E-state index contributed by atoms with van der Waals surface area (Å²) in [5.41, 5.74) is 7.21. The Hall–Kier alpha value is -3.72. The molecule has 1 N–H and O–H groups in total. The third kappa shape index (κ3) is 3.43. The molecular formula is C30H18Cl2O2. The van der Waals surface area contributed by atoms with Gasteiger partial charge in [0.25, 0.3) is 0 Å². The molecule has 1 aliphatic heterocycles. The van der Waals surface area contributed by atoms with Crippen LogP contribution in [0.25, 0.3) is 55.7 Å². The molecule has 0 atom stereocenters. The summed E-state index contributed by atoms with van der Waals surface area (Å²) in [6, 6.07) is 32.9. The minimum atomic E-state index is 0.223. The van der Waals surface area contributed by atoms with Gasteiger partial charge in [-0.3, -0.25) is 0 Å². The molecule has 1 aliphatic carbocycles. The molecule has 6 rings (SSSR count). The average Bonchev–Trinajstić information content (AvgIpc) is 3.25. The first-order valence-electron chi connectivity index (χ1n) is 10.9. The minimum Gasteiger partial charge on any atom is -0.507 e. The third-order valence-electron chi connectivity index (χ3n) is 6.09. The molecule has 2 nitrogen and oxygen atoms in total. The van der Waals surface area contributed by atoms with Gasteiger partial charge in [0.05, 0.1) is 0 Å². The Balaban J connectivity index is 1.80. The molecule has 0 bridgehead atoms. The van der Waals surface area contributed by atoms with Crippen LogP contribution in [0.3, 0.4) is 0 Å². The molecule has 0 radical (unpaired) electrons. The van der Waals surface area contributed by atoms with Crippen molar-refractivity contribution in [1.82, 2.24) is 0 Å². The van der Waals surface area contributed by atoms with E-state index in [9.17, 15) is 5.11 Å². The first-order chi connectivity index (χ1) is 16.6. The summed E-state index contributed by atoms with van der Waals surface area (Å²) in [6.45, 7) is 0. The van der Waals surface area contributed by atoms with E-state index in [1.807, 2.05) is 91.0 Å². The van der Waals surface area contributed by atoms with Crippen molar-refractivity contribution >= 4 is 34.2 Å². The van der Waals surface area contributed by atoms with Crippen molar-refractivity contribution in [1.29, 1.82) is 0 Å². The van der Waals surface area contributed by atoms with Gasteiger partial charge in [-0.25, -0.2) is 0 Å². The Morgan fingerprint density at radius 3 is 2.00 bits per heavy atom. The van der Waals surface area contributed by atoms with Crippen LogP contribution in [-0.4, -0.2) is 5.11 Å². The Morgan fingerprint density at radius 2 is 1.24 bits per heavy atom. The van der Waals surface area contributed by atoms with Crippen LogP contribution in [0.15, 0.2) is 108 Å². The number of para-hydroxylation sites is 2. The normalized spacial score (nSPS) is 11.4. The molecule has 0 saturated carbocycles. The lowest BCUT2D eigenvalue weighted by atomic mass is 9.92. The molecule has 0 fully saturated rings. The highest BCUT2D eigenvalue weighted by molar-refractivity contribution is 6.31. The summed E-state index contributed by atoms with van der Waals surface area (Å²) < 4.78 is 6.53. The van der Waals surface area contributed by atoms with Crippen molar-refractivity contribution in [2.24, 2.45) is 0 Å². The second-order valence-electron chi connectivity index (χ2n) is 8.19. The van der Waals surface area contributed by atoms with E-state index in [2.05, 4.69) is 6.07 Å². The highest BCUT2D eigenvalue weighted by atomic mass is 35.5. The van der Waals surface area contributed by atoms with Gasteiger partial charge in [0, 0.05) is 37.7 Å². The van der Waals surface area contributed by atoms with E-state index in [4.69, 9.17) is 27.6 Å². The number of phenols is 1. The fourth-order valence-electron chi connectivity index (χ4n) is 4.63. The number of fused-ring (bicyclic) bond motifs is 3. The van der Waals surface area contributed by atoms with E-state index in [1.54, 1.807) is 6.07 Å². The summed E-state index contributed by atoms with van der Waals surface area (Å²) in [4.78, 5) is 0. The molecular weight excluding hydrogens is 463 g/mol. The maximum Gasteiger partial charge on any atom is 0.143 e.